The third kappa shape index (κ3) is 2.20. The van der Waals surface area contributed by atoms with E-state index in [1.54, 1.807) is 0 Å². The summed E-state index contributed by atoms with van der Waals surface area (Å²) in [4.78, 5) is 16.9. The lowest BCUT2D eigenvalue weighted by Crippen LogP contribution is -2.23. The lowest BCUT2D eigenvalue weighted by atomic mass is 9.99. The van der Waals surface area contributed by atoms with E-state index in [4.69, 9.17) is 0 Å². The number of aromatic nitrogens is 1. The number of carboxylic acids is 1. The SMILES string of the molecule is Cc1[nH]c2ccccc2c1CN1C[C@@H](C)[C@H](C(=O)O)C1. The number of fused-ring (bicyclic) bond motifs is 1. The van der Waals surface area contributed by atoms with Crippen molar-refractivity contribution in [1.29, 1.82) is 0 Å². The molecule has 1 fully saturated rings. The zero-order valence-corrected chi connectivity index (χ0v) is 11.9. The second kappa shape index (κ2) is 4.94. The summed E-state index contributed by atoms with van der Waals surface area (Å²) in [5.41, 5.74) is 3.62. The number of benzene rings is 1. The van der Waals surface area contributed by atoms with Gasteiger partial charge in [0, 0.05) is 36.2 Å². The second-order valence-electron chi connectivity index (χ2n) is 5.89. The normalized spacial score (nSPS) is 23.5. The number of likely N-dealkylation sites (tertiary alicyclic amines) is 1. The molecule has 1 aliphatic rings. The fourth-order valence-electron chi connectivity index (χ4n) is 3.28. The first-order valence-electron chi connectivity index (χ1n) is 7.07. The Bertz CT molecular complexity index is 647. The number of nitrogens with zero attached hydrogens (tertiary/aromatic N) is 1. The number of nitrogens with one attached hydrogen (secondary N) is 1. The highest BCUT2D eigenvalue weighted by atomic mass is 16.4. The van der Waals surface area contributed by atoms with E-state index in [-0.39, 0.29) is 11.8 Å². The van der Waals surface area contributed by atoms with Crippen LogP contribution in [0, 0.1) is 18.8 Å². The zero-order chi connectivity index (χ0) is 14.3. The first kappa shape index (κ1) is 13.2. The summed E-state index contributed by atoms with van der Waals surface area (Å²) in [6.45, 7) is 6.44. The average molecular weight is 272 g/mol. The van der Waals surface area contributed by atoms with Gasteiger partial charge in [-0.25, -0.2) is 0 Å². The van der Waals surface area contributed by atoms with Gasteiger partial charge in [0.1, 0.15) is 0 Å². The molecule has 20 heavy (non-hydrogen) atoms. The molecule has 2 aromatic rings. The van der Waals surface area contributed by atoms with E-state index >= 15 is 0 Å². The number of H-pyrrole nitrogens is 1. The monoisotopic (exact) mass is 272 g/mol. The van der Waals surface area contributed by atoms with Crippen LogP contribution in [0.4, 0.5) is 0 Å². The highest BCUT2D eigenvalue weighted by Gasteiger charge is 2.34. The Morgan fingerprint density at radius 1 is 1.40 bits per heavy atom. The van der Waals surface area contributed by atoms with Crippen molar-refractivity contribution in [2.45, 2.75) is 20.4 Å². The smallest absolute Gasteiger partial charge is 0.308 e. The number of aromatic amines is 1. The lowest BCUT2D eigenvalue weighted by molar-refractivity contribution is -0.142. The van der Waals surface area contributed by atoms with Crippen LogP contribution in [0.25, 0.3) is 10.9 Å². The molecule has 0 spiro atoms. The van der Waals surface area contributed by atoms with Crippen molar-refractivity contribution in [2.75, 3.05) is 13.1 Å². The standard InChI is InChI=1S/C16H20N2O2/c1-10-7-18(8-13(10)16(19)20)9-14-11(2)17-15-6-4-3-5-12(14)15/h3-6,10,13,17H,7-9H2,1-2H3,(H,19,20)/t10-,13-/m1/s1. The van der Waals surface area contributed by atoms with E-state index < -0.39 is 5.97 Å². The summed E-state index contributed by atoms with van der Waals surface area (Å²) < 4.78 is 0. The minimum atomic E-state index is -0.671. The third-order valence-electron chi connectivity index (χ3n) is 4.41. The number of rotatable bonds is 3. The molecule has 0 bridgehead atoms. The second-order valence-corrected chi connectivity index (χ2v) is 5.89. The molecule has 0 amide bonds. The summed E-state index contributed by atoms with van der Waals surface area (Å²) in [7, 11) is 0. The van der Waals surface area contributed by atoms with Gasteiger partial charge in [0.25, 0.3) is 0 Å². The lowest BCUT2D eigenvalue weighted by Gasteiger charge is -2.15. The minimum absolute atomic E-state index is 0.220. The van der Waals surface area contributed by atoms with Crippen LogP contribution >= 0.6 is 0 Å². The molecule has 2 N–H and O–H groups in total. The zero-order valence-electron chi connectivity index (χ0n) is 11.9. The van der Waals surface area contributed by atoms with E-state index in [0.29, 0.717) is 6.54 Å². The first-order valence-corrected chi connectivity index (χ1v) is 7.07. The predicted molar refractivity (Wildman–Crippen MR) is 78.6 cm³/mol. The topological polar surface area (TPSA) is 56.3 Å². The van der Waals surface area contributed by atoms with Crippen molar-refractivity contribution in [3.8, 4) is 0 Å². The van der Waals surface area contributed by atoms with Crippen LogP contribution in [-0.2, 0) is 11.3 Å². The maximum Gasteiger partial charge on any atom is 0.308 e. The van der Waals surface area contributed by atoms with E-state index in [0.717, 1.165) is 18.6 Å². The van der Waals surface area contributed by atoms with Crippen LogP contribution in [0.15, 0.2) is 24.3 Å². The van der Waals surface area contributed by atoms with Crippen molar-refractivity contribution < 1.29 is 9.90 Å². The average Bonchev–Trinajstić information content (AvgIpc) is 2.92. The fraction of sp³-hybridized carbons (Fsp3) is 0.438. The Morgan fingerprint density at radius 2 is 2.15 bits per heavy atom. The van der Waals surface area contributed by atoms with Crippen molar-refractivity contribution in [1.82, 2.24) is 9.88 Å². The highest BCUT2D eigenvalue weighted by molar-refractivity contribution is 5.84. The number of hydrogen-bond acceptors (Lipinski definition) is 2. The van der Waals surface area contributed by atoms with Gasteiger partial charge in [0.05, 0.1) is 5.92 Å². The quantitative estimate of drug-likeness (QED) is 0.903. The van der Waals surface area contributed by atoms with Gasteiger partial charge in [-0.3, -0.25) is 9.69 Å². The fourth-order valence-corrected chi connectivity index (χ4v) is 3.28. The van der Waals surface area contributed by atoms with Crippen molar-refractivity contribution >= 4 is 16.9 Å². The number of aryl methyl sites for hydroxylation is 1. The molecule has 2 atom stereocenters. The molecule has 1 aliphatic heterocycles. The van der Waals surface area contributed by atoms with Crippen LogP contribution in [0.3, 0.4) is 0 Å². The molecule has 1 saturated heterocycles. The molecule has 2 heterocycles. The maximum absolute atomic E-state index is 11.2. The molecule has 1 aromatic heterocycles. The van der Waals surface area contributed by atoms with E-state index in [9.17, 15) is 9.90 Å². The minimum Gasteiger partial charge on any atom is -0.481 e. The molecule has 4 heteroatoms. The number of carboxylic acid groups (broad SMARTS) is 1. The van der Waals surface area contributed by atoms with E-state index in [2.05, 4.69) is 28.9 Å². The molecular weight excluding hydrogens is 252 g/mol. The summed E-state index contributed by atoms with van der Waals surface area (Å²) in [5, 5.41) is 10.5. The number of para-hydroxylation sites is 1. The van der Waals surface area contributed by atoms with Gasteiger partial charge in [-0.1, -0.05) is 25.1 Å². The molecule has 0 aliphatic carbocycles. The van der Waals surface area contributed by atoms with Gasteiger partial charge in [-0.15, -0.1) is 0 Å². The summed E-state index contributed by atoms with van der Waals surface area (Å²) in [6, 6.07) is 8.28. The van der Waals surface area contributed by atoms with Gasteiger partial charge < -0.3 is 10.1 Å². The number of hydrogen-bond donors (Lipinski definition) is 2. The Balaban J connectivity index is 1.84. The predicted octanol–water partition coefficient (Wildman–Crippen LogP) is 2.63. The van der Waals surface area contributed by atoms with Crippen molar-refractivity contribution in [3.63, 3.8) is 0 Å². The maximum atomic E-state index is 11.2. The summed E-state index contributed by atoms with van der Waals surface area (Å²) >= 11 is 0. The Labute approximate surface area is 118 Å². The Kier molecular flexibility index (Phi) is 3.26. The third-order valence-corrected chi connectivity index (χ3v) is 4.41. The summed E-state index contributed by atoms with van der Waals surface area (Å²) in [5.74, 6) is -0.686. The van der Waals surface area contributed by atoms with Gasteiger partial charge in [-0.05, 0) is 24.5 Å². The first-order chi connectivity index (χ1) is 9.56. The van der Waals surface area contributed by atoms with Gasteiger partial charge in [0.15, 0.2) is 0 Å². The van der Waals surface area contributed by atoms with E-state index in [1.165, 1.54) is 16.6 Å². The molecule has 4 nitrogen and oxygen atoms in total. The van der Waals surface area contributed by atoms with Crippen LogP contribution in [-0.4, -0.2) is 34.0 Å². The van der Waals surface area contributed by atoms with Gasteiger partial charge >= 0.3 is 5.97 Å². The number of aliphatic carboxylic acids is 1. The van der Waals surface area contributed by atoms with Crippen LogP contribution in [0.2, 0.25) is 0 Å². The largest absolute Gasteiger partial charge is 0.481 e. The van der Waals surface area contributed by atoms with E-state index in [1.807, 2.05) is 19.1 Å². The molecule has 0 unspecified atom stereocenters. The van der Waals surface area contributed by atoms with Crippen LogP contribution in [0.5, 0.6) is 0 Å². The van der Waals surface area contributed by atoms with Crippen molar-refractivity contribution in [2.24, 2.45) is 11.8 Å². The van der Waals surface area contributed by atoms with Crippen molar-refractivity contribution in [3.05, 3.63) is 35.5 Å². The highest BCUT2D eigenvalue weighted by Crippen LogP contribution is 2.28. The Morgan fingerprint density at radius 3 is 2.85 bits per heavy atom. The molecular formula is C16H20N2O2. The summed E-state index contributed by atoms with van der Waals surface area (Å²) in [6.07, 6.45) is 0. The molecule has 1 aromatic carbocycles. The van der Waals surface area contributed by atoms with Gasteiger partial charge in [-0.2, -0.15) is 0 Å². The Hall–Kier alpha value is -1.81. The van der Waals surface area contributed by atoms with Gasteiger partial charge in [0.2, 0.25) is 0 Å². The molecule has 0 radical (unpaired) electrons. The molecule has 0 saturated carbocycles. The molecule has 106 valence electrons. The number of carbonyl (C=O) groups is 1. The van der Waals surface area contributed by atoms with Crippen LogP contribution in [0.1, 0.15) is 18.2 Å². The van der Waals surface area contributed by atoms with Crippen LogP contribution < -0.4 is 0 Å². The molecule has 3 rings (SSSR count).